The Bertz CT molecular complexity index is 448. The summed E-state index contributed by atoms with van der Waals surface area (Å²) in [6.07, 6.45) is 0.610. The minimum Gasteiger partial charge on any atom is -0.340 e. The predicted molar refractivity (Wildman–Crippen MR) is 74.2 cm³/mol. The van der Waals surface area contributed by atoms with Gasteiger partial charge in [-0.15, -0.1) is 0 Å². The van der Waals surface area contributed by atoms with E-state index in [9.17, 15) is 9.59 Å². The fourth-order valence-electron chi connectivity index (χ4n) is 2.18. The molecule has 1 aromatic rings. The van der Waals surface area contributed by atoms with E-state index >= 15 is 0 Å². The topological polar surface area (TPSA) is 49.4 Å². The maximum absolute atomic E-state index is 12.0. The number of hydrogen-bond donors (Lipinski definition) is 1. The van der Waals surface area contributed by atoms with Crippen molar-refractivity contribution in [1.29, 1.82) is 0 Å². The molecule has 1 fully saturated rings. The highest BCUT2D eigenvalue weighted by molar-refractivity contribution is 5.97. The molecule has 0 unspecified atom stereocenters. The van der Waals surface area contributed by atoms with E-state index in [4.69, 9.17) is 0 Å². The van der Waals surface area contributed by atoms with Crippen molar-refractivity contribution in [2.24, 2.45) is 0 Å². The fourth-order valence-corrected chi connectivity index (χ4v) is 2.18. The van der Waals surface area contributed by atoms with Gasteiger partial charge in [-0.25, -0.2) is 0 Å². The normalized spacial score (nSPS) is 15.3. The minimum atomic E-state index is 0.0449. The van der Waals surface area contributed by atoms with Crippen LogP contribution in [0.4, 0.5) is 0 Å². The second-order valence-corrected chi connectivity index (χ2v) is 4.92. The predicted octanol–water partition coefficient (Wildman–Crippen LogP) is 1.39. The molecule has 0 aromatic heterocycles. The molecular weight excluding hydrogens is 240 g/mol. The van der Waals surface area contributed by atoms with Crippen LogP contribution in [-0.4, -0.2) is 42.8 Å². The quantitative estimate of drug-likeness (QED) is 0.832. The van der Waals surface area contributed by atoms with E-state index in [2.05, 4.69) is 5.32 Å². The van der Waals surface area contributed by atoms with Crippen molar-refractivity contribution in [2.45, 2.75) is 19.8 Å². The molecule has 0 bridgehead atoms. The van der Waals surface area contributed by atoms with Gasteiger partial charge in [0.25, 0.3) is 0 Å². The summed E-state index contributed by atoms with van der Waals surface area (Å²) in [4.78, 5) is 25.7. The van der Waals surface area contributed by atoms with Crippen molar-refractivity contribution in [3.05, 3.63) is 35.4 Å². The van der Waals surface area contributed by atoms with Crippen LogP contribution < -0.4 is 5.32 Å². The number of hydrogen-bond acceptors (Lipinski definition) is 3. The van der Waals surface area contributed by atoms with Gasteiger partial charge in [-0.1, -0.05) is 29.8 Å². The van der Waals surface area contributed by atoms with Gasteiger partial charge in [0.2, 0.25) is 5.91 Å². The maximum Gasteiger partial charge on any atom is 0.223 e. The van der Waals surface area contributed by atoms with Crippen molar-refractivity contribution in [3.63, 3.8) is 0 Å². The molecule has 0 radical (unpaired) electrons. The molecule has 1 aliphatic heterocycles. The molecule has 1 amide bonds. The molecule has 4 heteroatoms. The molecule has 1 aromatic carbocycles. The number of piperazine rings is 1. The molecule has 2 rings (SSSR count). The second kappa shape index (κ2) is 6.48. The molecule has 4 nitrogen and oxygen atoms in total. The highest BCUT2D eigenvalue weighted by Crippen LogP contribution is 2.09. The Hall–Kier alpha value is -1.68. The number of Topliss-reactive ketones (excluding diaryl/α,β-unsaturated/α-hetero) is 1. The minimum absolute atomic E-state index is 0.0449. The smallest absolute Gasteiger partial charge is 0.223 e. The molecule has 1 heterocycles. The largest absolute Gasteiger partial charge is 0.340 e. The van der Waals surface area contributed by atoms with Crippen LogP contribution in [0.3, 0.4) is 0 Å². The summed E-state index contributed by atoms with van der Waals surface area (Å²) >= 11 is 0. The number of benzene rings is 1. The van der Waals surface area contributed by atoms with Crippen LogP contribution in [-0.2, 0) is 4.79 Å². The van der Waals surface area contributed by atoms with E-state index in [1.807, 2.05) is 36.1 Å². The first kappa shape index (κ1) is 13.7. The summed E-state index contributed by atoms with van der Waals surface area (Å²) < 4.78 is 0. The van der Waals surface area contributed by atoms with E-state index in [0.717, 1.165) is 31.7 Å². The van der Waals surface area contributed by atoms with Gasteiger partial charge < -0.3 is 10.2 Å². The summed E-state index contributed by atoms with van der Waals surface area (Å²) in [5.41, 5.74) is 1.83. The van der Waals surface area contributed by atoms with E-state index in [1.54, 1.807) is 0 Å². The monoisotopic (exact) mass is 260 g/mol. The highest BCUT2D eigenvalue weighted by Gasteiger charge is 2.17. The average molecular weight is 260 g/mol. The zero-order valence-electron chi connectivity index (χ0n) is 11.3. The summed E-state index contributed by atoms with van der Waals surface area (Å²) in [6.45, 7) is 5.17. The third-order valence-electron chi connectivity index (χ3n) is 3.41. The number of rotatable bonds is 4. The van der Waals surface area contributed by atoms with Crippen LogP contribution in [0.2, 0.25) is 0 Å². The van der Waals surface area contributed by atoms with Gasteiger partial charge in [0, 0.05) is 44.6 Å². The lowest BCUT2D eigenvalue weighted by molar-refractivity contribution is -0.131. The molecule has 0 saturated carbocycles. The number of carbonyl (C=O) groups excluding carboxylic acids is 2. The molecule has 0 aliphatic carbocycles. The number of nitrogens with one attached hydrogen (secondary N) is 1. The van der Waals surface area contributed by atoms with Crippen molar-refractivity contribution in [1.82, 2.24) is 10.2 Å². The van der Waals surface area contributed by atoms with Crippen LogP contribution in [0.1, 0.15) is 28.8 Å². The Morgan fingerprint density at radius 1 is 1.11 bits per heavy atom. The lowest BCUT2D eigenvalue weighted by Crippen LogP contribution is -2.46. The number of aryl methyl sites for hydroxylation is 1. The van der Waals surface area contributed by atoms with Crippen molar-refractivity contribution in [3.8, 4) is 0 Å². The Labute approximate surface area is 113 Å². The Morgan fingerprint density at radius 2 is 1.74 bits per heavy atom. The van der Waals surface area contributed by atoms with Crippen LogP contribution in [0.25, 0.3) is 0 Å². The van der Waals surface area contributed by atoms with E-state index in [1.165, 1.54) is 0 Å². The first-order chi connectivity index (χ1) is 9.16. The first-order valence-corrected chi connectivity index (χ1v) is 6.75. The van der Waals surface area contributed by atoms with Gasteiger partial charge in [0.1, 0.15) is 0 Å². The summed E-state index contributed by atoms with van der Waals surface area (Å²) in [7, 11) is 0. The molecular formula is C15H20N2O2. The van der Waals surface area contributed by atoms with Crippen LogP contribution >= 0.6 is 0 Å². The van der Waals surface area contributed by atoms with E-state index < -0.39 is 0 Å². The maximum atomic E-state index is 12.0. The van der Waals surface area contributed by atoms with Crippen molar-refractivity contribution < 1.29 is 9.59 Å². The fraction of sp³-hybridized carbons (Fsp3) is 0.467. The number of nitrogens with zero attached hydrogens (tertiary/aromatic N) is 1. The van der Waals surface area contributed by atoms with Gasteiger partial charge >= 0.3 is 0 Å². The van der Waals surface area contributed by atoms with Gasteiger partial charge in [0.05, 0.1) is 0 Å². The number of carbonyl (C=O) groups is 2. The standard InChI is InChI=1S/C15H20N2O2/c1-12-2-4-13(5-3-12)14(18)6-7-15(19)17-10-8-16-9-11-17/h2-5,16H,6-11H2,1H3. The lowest BCUT2D eigenvalue weighted by Gasteiger charge is -2.27. The number of amides is 1. The summed E-state index contributed by atoms with van der Waals surface area (Å²) in [5.74, 6) is 0.130. The van der Waals surface area contributed by atoms with Crippen molar-refractivity contribution in [2.75, 3.05) is 26.2 Å². The molecule has 1 aliphatic rings. The third-order valence-corrected chi connectivity index (χ3v) is 3.41. The van der Waals surface area contributed by atoms with Crippen LogP contribution in [0, 0.1) is 6.92 Å². The molecule has 0 spiro atoms. The Morgan fingerprint density at radius 3 is 2.37 bits per heavy atom. The van der Waals surface area contributed by atoms with E-state index in [-0.39, 0.29) is 11.7 Å². The third kappa shape index (κ3) is 3.89. The molecule has 1 saturated heterocycles. The summed E-state index contributed by atoms with van der Waals surface area (Å²) in [6, 6.07) is 7.50. The average Bonchev–Trinajstić information content (AvgIpc) is 2.46. The SMILES string of the molecule is Cc1ccc(C(=O)CCC(=O)N2CCNCC2)cc1. The second-order valence-electron chi connectivity index (χ2n) is 4.92. The molecule has 19 heavy (non-hydrogen) atoms. The van der Waals surface area contributed by atoms with Gasteiger partial charge in [0.15, 0.2) is 5.78 Å². The van der Waals surface area contributed by atoms with Crippen molar-refractivity contribution >= 4 is 11.7 Å². The summed E-state index contributed by atoms with van der Waals surface area (Å²) in [5, 5.41) is 3.20. The van der Waals surface area contributed by atoms with E-state index in [0.29, 0.717) is 18.4 Å². The molecule has 1 N–H and O–H groups in total. The molecule has 0 atom stereocenters. The zero-order chi connectivity index (χ0) is 13.7. The van der Waals surface area contributed by atoms with Gasteiger partial charge in [-0.05, 0) is 6.92 Å². The lowest BCUT2D eigenvalue weighted by atomic mass is 10.0. The molecule has 102 valence electrons. The van der Waals surface area contributed by atoms with Crippen LogP contribution in [0.15, 0.2) is 24.3 Å². The van der Waals surface area contributed by atoms with Gasteiger partial charge in [-0.2, -0.15) is 0 Å². The Balaban J connectivity index is 1.82. The van der Waals surface area contributed by atoms with Crippen LogP contribution in [0.5, 0.6) is 0 Å². The zero-order valence-corrected chi connectivity index (χ0v) is 11.3. The Kier molecular flexibility index (Phi) is 4.68. The first-order valence-electron chi connectivity index (χ1n) is 6.75. The highest BCUT2D eigenvalue weighted by atomic mass is 16.2. The number of ketones is 1. The van der Waals surface area contributed by atoms with Gasteiger partial charge in [-0.3, -0.25) is 9.59 Å².